The van der Waals surface area contributed by atoms with Gasteiger partial charge in [-0.2, -0.15) is 10.1 Å². The van der Waals surface area contributed by atoms with Crippen LogP contribution in [-0.2, 0) is 16.2 Å². The van der Waals surface area contributed by atoms with E-state index in [9.17, 15) is 9.59 Å². The van der Waals surface area contributed by atoms with Crippen LogP contribution in [0, 0.1) is 39.1 Å². The molecule has 0 spiro atoms. The zero-order valence-electron chi connectivity index (χ0n) is 18.4. The molecular weight excluding hydrogens is 611 g/mol. The number of amides is 2. The van der Waals surface area contributed by atoms with Gasteiger partial charge in [-0.05, 0) is 88.1 Å². The third-order valence-corrected chi connectivity index (χ3v) is 8.84. The van der Waals surface area contributed by atoms with E-state index in [1.54, 1.807) is 19.4 Å². The average Bonchev–Trinajstić information content (AvgIpc) is 3.62. The number of hydrogen-bond donors (Lipinski definition) is 0. The summed E-state index contributed by atoms with van der Waals surface area (Å²) in [7, 11) is 1.59. The summed E-state index contributed by atoms with van der Waals surface area (Å²) in [5.74, 6) is 1.95. The van der Waals surface area contributed by atoms with Crippen molar-refractivity contribution < 1.29 is 19.1 Å². The first-order valence-corrected chi connectivity index (χ1v) is 13.2. The van der Waals surface area contributed by atoms with Gasteiger partial charge < -0.3 is 9.47 Å². The lowest BCUT2D eigenvalue weighted by Crippen LogP contribution is -2.40. The normalized spacial score (nSPS) is 30.6. The minimum atomic E-state index is -0.243. The van der Waals surface area contributed by atoms with Crippen LogP contribution < -0.4 is 9.47 Å². The summed E-state index contributed by atoms with van der Waals surface area (Å²) in [6, 6.07) is 11.7. The van der Waals surface area contributed by atoms with Gasteiger partial charge in [-0.25, -0.2) is 0 Å². The number of methoxy groups -OCH3 is 1. The number of ether oxygens (including phenoxy) is 2. The molecule has 2 bridgehead atoms. The number of carbonyl (C=O) groups is 2. The maximum atomic E-state index is 13.1. The molecule has 1 aliphatic heterocycles. The lowest BCUT2D eigenvalue weighted by Gasteiger charge is -2.37. The molecule has 1 heterocycles. The van der Waals surface area contributed by atoms with Gasteiger partial charge in [-0.3, -0.25) is 9.59 Å². The minimum Gasteiger partial charge on any atom is -0.493 e. The van der Waals surface area contributed by atoms with Gasteiger partial charge >= 0.3 is 0 Å². The van der Waals surface area contributed by atoms with E-state index in [0.29, 0.717) is 29.9 Å². The van der Waals surface area contributed by atoms with Crippen LogP contribution in [0.2, 0.25) is 0 Å². The molecule has 6 nitrogen and oxygen atoms in total. The Kier molecular flexibility index (Phi) is 5.55. The maximum absolute atomic E-state index is 13.1. The van der Waals surface area contributed by atoms with Crippen molar-refractivity contribution in [2.75, 3.05) is 7.11 Å². The molecule has 0 N–H and O–H groups in total. The van der Waals surface area contributed by atoms with E-state index in [-0.39, 0.29) is 35.5 Å². The highest BCUT2D eigenvalue weighted by Gasteiger charge is 2.67. The second-order valence-corrected chi connectivity index (χ2v) is 11.4. The minimum absolute atomic E-state index is 0.160. The maximum Gasteiger partial charge on any atom is 0.254 e. The van der Waals surface area contributed by atoms with E-state index in [1.807, 2.05) is 30.3 Å². The monoisotopic (exact) mass is 632 g/mol. The van der Waals surface area contributed by atoms with Gasteiger partial charge in [-0.15, -0.1) is 0 Å². The van der Waals surface area contributed by atoms with E-state index in [4.69, 9.17) is 9.47 Å². The topological polar surface area (TPSA) is 68.2 Å². The largest absolute Gasteiger partial charge is 0.493 e. The Balaban J connectivity index is 1.20. The molecule has 2 aromatic carbocycles. The van der Waals surface area contributed by atoms with Crippen LogP contribution >= 0.6 is 38.5 Å². The first kappa shape index (κ1) is 22.3. The predicted molar refractivity (Wildman–Crippen MR) is 138 cm³/mol. The standard InChI is InChI=1S/C26H22BrIN2O4/c1-33-21-9-14(8-20(28)24(21)34-12-13-2-4-15(27)5-3-13)11-29-30-25(31)22-16-6-7-17(19-10-18(16)19)23(22)26(30)32/h2-9,11,16-19,22-23H,10,12H2,1H3/b29-11-/t16-,17-,18-,19+,22-,23+/m0/s1. The Hall–Kier alpha value is -2.20. The van der Waals surface area contributed by atoms with Crippen molar-refractivity contribution in [2.24, 2.45) is 40.6 Å². The summed E-state index contributed by atoms with van der Waals surface area (Å²) in [5, 5.41) is 5.44. The molecule has 7 rings (SSSR count). The fourth-order valence-corrected chi connectivity index (χ4v) is 6.92. The van der Waals surface area contributed by atoms with Crippen LogP contribution in [-0.4, -0.2) is 30.1 Å². The molecule has 5 aliphatic rings. The molecule has 2 aromatic rings. The highest BCUT2D eigenvalue weighted by atomic mass is 127. The highest BCUT2D eigenvalue weighted by molar-refractivity contribution is 14.1. The third-order valence-electron chi connectivity index (χ3n) is 7.51. The molecule has 0 aromatic heterocycles. The molecule has 174 valence electrons. The van der Waals surface area contributed by atoms with E-state index in [1.165, 1.54) is 0 Å². The number of halogens is 2. The summed E-state index contributed by atoms with van der Waals surface area (Å²) in [6.45, 7) is 0.408. The number of hydrogen-bond acceptors (Lipinski definition) is 5. The van der Waals surface area contributed by atoms with E-state index in [2.05, 4.69) is 55.8 Å². The van der Waals surface area contributed by atoms with Gasteiger partial charge in [0.05, 0.1) is 28.7 Å². The fraction of sp³-hybridized carbons (Fsp3) is 0.346. The highest BCUT2D eigenvalue weighted by Crippen LogP contribution is 2.65. The van der Waals surface area contributed by atoms with Crippen molar-refractivity contribution in [1.82, 2.24) is 5.01 Å². The van der Waals surface area contributed by atoms with Crippen molar-refractivity contribution in [3.05, 3.63) is 67.7 Å². The quantitative estimate of drug-likeness (QED) is 0.194. The zero-order chi connectivity index (χ0) is 23.6. The van der Waals surface area contributed by atoms with Gasteiger partial charge in [0.2, 0.25) is 0 Å². The van der Waals surface area contributed by atoms with Crippen molar-refractivity contribution in [1.29, 1.82) is 0 Å². The molecule has 0 unspecified atom stereocenters. The number of imide groups is 1. The predicted octanol–water partition coefficient (Wildman–Crippen LogP) is 5.03. The second-order valence-electron chi connectivity index (χ2n) is 9.34. The number of allylic oxidation sites excluding steroid dienone is 2. The van der Waals surface area contributed by atoms with Gasteiger partial charge in [0, 0.05) is 4.47 Å². The average molecular weight is 633 g/mol. The molecule has 34 heavy (non-hydrogen) atoms. The summed E-state index contributed by atoms with van der Waals surface area (Å²) in [5.41, 5.74) is 1.77. The van der Waals surface area contributed by atoms with E-state index in [0.717, 1.165) is 30.6 Å². The summed E-state index contributed by atoms with van der Waals surface area (Å²) in [6.07, 6.45) is 7.04. The second kappa shape index (κ2) is 8.48. The number of hydrazone groups is 1. The van der Waals surface area contributed by atoms with Crippen LogP contribution in [0.3, 0.4) is 0 Å². The van der Waals surface area contributed by atoms with Gasteiger partial charge in [-0.1, -0.05) is 40.2 Å². The number of nitrogens with zero attached hydrogens (tertiary/aromatic N) is 2. The Morgan fingerprint density at radius 3 is 2.35 bits per heavy atom. The van der Waals surface area contributed by atoms with Crippen molar-refractivity contribution in [3.63, 3.8) is 0 Å². The van der Waals surface area contributed by atoms with Crippen molar-refractivity contribution >= 4 is 56.5 Å². The molecule has 0 radical (unpaired) electrons. The molecule has 8 heteroatoms. The van der Waals surface area contributed by atoms with Crippen LogP contribution in [0.5, 0.6) is 11.5 Å². The van der Waals surface area contributed by atoms with Gasteiger partial charge in [0.25, 0.3) is 11.8 Å². The van der Waals surface area contributed by atoms with E-state index < -0.39 is 0 Å². The first-order chi connectivity index (χ1) is 16.5. The van der Waals surface area contributed by atoms with Crippen molar-refractivity contribution in [2.45, 2.75) is 13.0 Å². The summed E-state index contributed by atoms with van der Waals surface area (Å²) >= 11 is 5.63. The van der Waals surface area contributed by atoms with Gasteiger partial charge in [0.15, 0.2) is 11.5 Å². The number of rotatable bonds is 6. The van der Waals surface area contributed by atoms with E-state index >= 15 is 0 Å². The number of carbonyl (C=O) groups excluding carboxylic acids is 2. The fourth-order valence-electron chi connectivity index (χ4n) is 5.87. The Labute approximate surface area is 219 Å². The number of benzene rings is 2. The molecule has 6 atom stereocenters. The molecule has 2 amide bonds. The molecule has 2 saturated carbocycles. The zero-order valence-corrected chi connectivity index (χ0v) is 22.1. The molecular formula is C26H22BrIN2O4. The third kappa shape index (κ3) is 3.61. The first-order valence-electron chi connectivity index (χ1n) is 11.3. The van der Waals surface area contributed by atoms with Crippen molar-refractivity contribution in [3.8, 4) is 11.5 Å². The molecule has 1 saturated heterocycles. The summed E-state index contributed by atoms with van der Waals surface area (Å²) < 4.78 is 13.5. The molecule has 4 aliphatic carbocycles. The van der Waals surface area contributed by atoms with Crippen LogP contribution in [0.1, 0.15) is 17.5 Å². The van der Waals surface area contributed by atoms with Crippen LogP contribution in [0.25, 0.3) is 0 Å². The van der Waals surface area contributed by atoms with Gasteiger partial charge in [0.1, 0.15) is 6.61 Å². The van der Waals surface area contributed by atoms with Crippen LogP contribution in [0.4, 0.5) is 0 Å². The SMILES string of the molecule is COc1cc(/C=N\N2C(=O)[C@@H]3[C@H]4C=C[C@@H]([C@@H]5C[C@H]45)[C@@H]3C2=O)cc(I)c1OCc1ccc(Br)cc1. The summed E-state index contributed by atoms with van der Waals surface area (Å²) in [4.78, 5) is 26.2. The lowest BCUT2D eigenvalue weighted by molar-refractivity contribution is -0.140. The Morgan fingerprint density at radius 1 is 1.09 bits per heavy atom. The Morgan fingerprint density at radius 2 is 1.74 bits per heavy atom. The lowest BCUT2D eigenvalue weighted by atomic mass is 9.63. The smallest absolute Gasteiger partial charge is 0.254 e. The van der Waals surface area contributed by atoms with Crippen LogP contribution in [0.15, 0.2) is 58.1 Å². The molecule has 3 fully saturated rings. The Bertz CT molecular complexity index is 1210.